The molecule has 0 saturated heterocycles. The van der Waals surface area contributed by atoms with Crippen molar-refractivity contribution in [3.63, 3.8) is 0 Å². The Kier molecular flexibility index (Phi) is 2.57. The van der Waals surface area contributed by atoms with E-state index in [-0.39, 0.29) is 0 Å². The molecule has 0 radical (unpaired) electrons. The summed E-state index contributed by atoms with van der Waals surface area (Å²) >= 11 is 0. The van der Waals surface area contributed by atoms with Crippen molar-refractivity contribution in [2.45, 2.75) is 39.5 Å². The van der Waals surface area contributed by atoms with Gasteiger partial charge in [-0.05, 0) is 43.4 Å². The maximum atomic E-state index is 2.49. The standard InChI is InChI=1S/C13H20/c1-10(2)12-9-5-7-11-6-3-4-8-13(11)12/h5-6,9-10,12-13H,3-4,7-8H2,1-2H3. The minimum atomic E-state index is 0.808. The molecule has 0 amide bonds. The molecule has 0 aliphatic heterocycles. The van der Waals surface area contributed by atoms with Gasteiger partial charge in [-0.3, -0.25) is 0 Å². The van der Waals surface area contributed by atoms with Gasteiger partial charge in [0.1, 0.15) is 0 Å². The Balaban J connectivity index is 2.20. The van der Waals surface area contributed by atoms with Gasteiger partial charge < -0.3 is 0 Å². The van der Waals surface area contributed by atoms with E-state index in [1.165, 1.54) is 25.7 Å². The van der Waals surface area contributed by atoms with Crippen LogP contribution in [-0.4, -0.2) is 0 Å². The van der Waals surface area contributed by atoms with E-state index >= 15 is 0 Å². The van der Waals surface area contributed by atoms with E-state index in [9.17, 15) is 0 Å². The van der Waals surface area contributed by atoms with Crippen LogP contribution < -0.4 is 0 Å². The molecule has 0 heterocycles. The highest BCUT2D eigenvalue weighted by atomic mass is 14.3. The number of hydrogen-bond acceptors (Lipinski definition) is 0. The zero-order chi connectivity index (χ0) is 9.26. The van der Waals surface area contributed by atoms with Gasteiger partial charge in [0.15, 0.2) is 0 Å². The van der Waals surface area contributed by atoms with Crippen LogP contribution in [-0.2, 0) is 0 Å². The van der Waals surface area contributed by atoms with E-state index in [1.54, 1.807) is 5.57 Å². The van der Waals surface area contributed by atoms with Gasteiger partial charge >= 0.3 is 0 Å². The van der Waals surface area contributed by atoms with Gasteiger partial charge in [0, 0.05) is 0 Å². The normalized spacial score (nSPS) is 33.0. The summed E-state index contributed by atoms with van der Waals surface area (Å²) in [6, 6.07) is 0. The highest BCUT2D eigenvalue weighted by Crippen LogP contribution is 2.40. The molecule has 0 heteroatoms. The molecule has 2 rings (SSSR count). The molecule has 0 N–H and O–H groups in total. The van der Waals surface area contributed by atoms with Crippen LogP contribution >= 0.6 is 0 Å². The molecule has 2 aliphatic rings. The van der Waals surface area contributed by atoms with Crippen LogP contribution in [0.4, 0.5) is 0 Å². The molecule has 0 nitrogen and oxygen atoms in total. The Labute approximate surface area is 81.7 Å². The molecule has 2 atom stereocenters. The van der Waals surface area contributed by atoms with Gasteiger partial charge in [-0.2, -0.15) is 0 Å². The third kappa shape index (κ3) is 1.72. The Morgan fingerprint density at radius 3 is 3.00 bits per heavy atom. The zero-order valence-electron chi connectivity index (χ0n) is 8.79. The SMILES string of the molecule is CC(C)C1C=CCC2=CCCCC21. The topological polar surface area (TPSA) is 0 Å². The summed E-state index contributed by atoms with van der Waals surface area (Å²) < 4.78 is 0. The molecular weight excluding hydrogens is 156 g/mol. The van der Waals surface area contributed by atoms with Crippen molar-refractivity contribution < 1.29 is 0 Å². The number of allylic oxidation sites excluding steroid dienone is 4. The average molecular weight is 176 g/mol. The first-order valence-electron chi connectivity index (χ1n) is 5.64. The zero-order valence-corrected chi connectivity index (χ0v) is 8.79. The van der Waals surface area contributed by atoms with Gasteiger partial charge in [0.2, 0.25) is 0 Å². The minimum absolute atomic E-state index is 0.808. The molecular formula is C13H20. The predicted octanol–water partition coefficient (Wildman–Crippen LogP) is 3.95. The summed E-state index contributed by atoms with van der Waals surface area (Å²) in [5, 5.41) is 0. The maximum absolute atomic E-state index is 2.49. The highest BCUT2D eigenvalue weighted by Gasteiger charge is 2.28. The lowest BCUT2D eigenvalue weighted by molar-refractivity contribution is 0.307. The molecule has 0 fully saturated rings. The highest BCUT2D eigenvalue weighted by molar-refractivity contribution is 5.21. The molecule has 0 bridgehead atoms. The largest absolute Gasteiger partial charge is 0.0847 e. The Morgan fingerprint density at radius 2 is 2.23 bits per heavy atom. The third-order valence-electron chi connectivity index (χ3n) is 3.55. The first-order chi connectivity index (χ1) is 6.29. The second kappa shape index (κ2) is 3.69. The van der Waals surface area contributed by atoms with E-state index in [0.29, 0.717) is 0 Å². The Bertz CT molecular complexity index is 232. The Hall–Kier alpha value is -0.520. The van der Waals surface area contributed by atoms with E-state index in [1.807, 2.05) is 0 Å². The predicted molar refractivity (Wildman–Crippen MR) is 57.5 cm³/mol. The maximum Gasteiger partial charge on any atom is -0.0135 e. The van der Waals surface area contributed by atoms with Crippen LogP contribution in [0.3, 0.4) is 0 Å². The summed E-state index contributed by atoms with van der Waals surface area (Å²) in [4.78, 5) is 0. The van der Waals surface area contributed by atoms with Crippen molar-refractivity contribution in [2.24, 2.45) is 17.8 Å². The van der Waals surface area contributed by atoms with Gasteiger partial charge in [0.25, 0.3) is 0 Å². The van der Waals surface area contributed by atoms with Gasteiger partial charge in [-0.15, -0.1) is 0 Å². The summed E-state index contributed by atoms with van der Waals surface area (Å²) in [5.41, 5.74) is 1.73. The quantitative estimate of drug-likeness (QED) is 0.531. The molecule has 2 unspecified atom stereocenters. The average Bonchev–Trinajstić information content (AvgIpc) is 2.17. The van der Waals surface area contributed by atoms with Crippen LogP contribution in [0.1, 0.15) is 39.5 Å². The van der Waals surface area contributed by atoms with Crippen LogP contribution in [0.2, 0.25) is 0 Å². The van der Waals surface area contributed by atoms with E-state index in [4.69, 9.17) is 0 Å². The van der Waals surface area contributed by atoms with Crippen molar-refractivity contribution >= 4 is 0 Å². The number of rotatable bonds is 1. The molecule has 0 aromatic carbocycles. The molecule has 0 aromatic rings. The second-order valence-electron chi connectivity index (χ2n) is 4.77. The fourth-order valence-corrected chi connectivity index (χ4v) is 2.82. The van der Waals surface area contributed by atoms with Crippen molar-refractivity contribution in [1.29, 1.82) is 0 Å². The summed E-state index contributed by atoms with van der Waals surface area (Å²) in [7, 11) is 0. The van der Waals surface area contributed by atoms with Gasteiger partial charge in [-0.1, -0.05) is 37.6 Å². The van der Waals surface area contributed by atoms with E-state index in [0.717, 1.165) is 17.8 Å². The first kappa shape index (κ1) is 9.05. The third-order valence-corrected chi connectivity index (χ3v) is 3.55. The lowest BCUT2D eigenvalue weighted by atomic mass is 9.70. The summed E-state index contributed by atoms with van der Waals surface area (Å²) in [6.07, 6.45) is 12.7. The van der Waals surface area contributed by atoms with E-state index < -0.39 is 0 Å². The summed E-state index contributed by atoms with van der Waals surface area (Å²) in [6.45, 7) is 4.71. The van der Waals surface area contributed by atoms with E-state index in [2.05, 4.69) is 32.1 Å². The molecule has 0 saturated carbocycles. The van der Waals surface area contributed by atoms with Crippen LogP contribution in [0, 0.1) is 17.8 Å². The van der Waals surface area contributed by atoms with Crippen molar-refractivity contribution in [1.82, 2.24) is 0 Å². The van der Waals surface area contributed by atoms with Gasteiger partial charge in [-0.25, -0.2) is 0 Å². The molecule has 2 aliphatic carbocycles. The molecule has 0 spiro atoms. The molecule has 13 heavy (non-hydrogen) atoms. The van der Waals surface area contributed by atoms with Gasteiger partial charge in [0.05, 0.1) is 0 Å². The lowest BCUT2D eigenvalue weighted by Crippen LogP contribution is -2.24. The first-order valence-corrected chi connectivity index (χ1v) is 5.64. The fraction of sp³-hybridized carbons (Fsp3) is 0.692. The molecule has 72 valence electrons. The lowest BCUT2D eigenvalue weighted by Gasteiger charge is -2.35. The second-order valence-corrected chi connectivity index (χ2v) is 4.77. The smallest absolute Gasteiger partial charge is 0.0135 e. The van der Waals surface area contributed by atoms with Crippen molar-refractivity contribution in [3.05, 3.63) is 23.8 Å². The monoisotopic (exact) mass is 176 g/mol. The number of hydrogen-bond donors (Lipinski definition) is 0. The van der Waals surface area contributed by atoms with Crippen LogP contribution in [0.25, 0.3) is 0 Å². The van der Waals surface area contributed by atoms with Crippen LogP contribution in [0.15, 0.2) is 23.8 Å². The van der Waals surface area contributed by atoms with Crippen LogP contribution in [0.5, 0.6) is 0 Å². The molecule has 0 aromatic heterocycles. The van der Waals surface area contributed by atoms with Crippen molar-refractivity contribution in [3.8, 4) is 0 Å². The Morgan fingerprint density at radius 1 is 1.38 bits per heavy atom. The van der Waals surface area contributed by atoms with Crippen molar-refractivity contribution in [2.75, 3.05) is 0 Å². The minimum Gasteiger partial charge on any atom is -0.0847 e. The fourth-order valence-electron chi connectivity index (χ4n) is 2.82. The summed E-state index contributed by atoms with van der Waals surface area (Å²) in [5.74, 6) is 2.52. The number of fused-ring (bicyclic) bond motifs is 1.